The second kappa shape index (κ2) is 9.20. The van der Waals surface area contributed by atoms with E-state index in [0.29, 0.717) is 17.2 Å². The first-order valence-corrected chi connectivity index (χ1v) is 11.6. The van der Waals surface area contributed by atoms with Crippen LogP contribution in [0.3, 0.4) is 0 Å². The van der Waals surface area contributed by atoms with E-state index in [4.69, 9.17) is 0 Å². The summed E-state index contributed by atoms with van der Waals surface area (Å²) in [6.07, 6.45) is 4.54. The Morgan fingerprint density at radius 2 is 1.87 bits per heavy atom. The molecule has 8 heteroatoms. The van der Waals surface area contributed by atoms with Crippen molar-refractivity contribution in [1.82, 2.24) is 9.80 Å². The second-order valence-electron chi connectivity index (χ2n) is 8.36. The molecule has 0 unspecified atom stereocenters. The first-order chi connectivity index (χ1) is 14.5. The molecule has 160 valence electrons. The molecule has 1 aromatic rings. The van der Waals surface area contributed by atoms with Crippen molar-refractivity contribution in [3.05, 3.63) is 29.8 Å². The minimum absolute atomic E-state index is 0.0407. The minimum Gasteiger partial charge on any atom is -0.351 e. The third-order valence-corrected chi connectivity index (χ3v) is 7.05. The monoisotopic (exact) mass is 428 g/mol. The number of thioether (sulfide) groups is 1. The first kappa shape index (κ1) is 20.9. The van der Waals surface area contributed by atoms with Gasteiger partial charge < -0.3 is 15.1 Å². The molecule has 30 heavy (non-hydrogen) atoms. The second-order valence-corrected chi connectivity index (χ2v) is 9.53. The van der Waals surface area contributed by atoms with Gasteiger partial charge in [0, 0.05) is 43.9 Å². The summed E-state index contributed by atoms with van der Waals surface area (Å²) in [5.41, 5.74) is 1.26. The van der Waals surface area contributed by atoms with Crippen molar-refractivity contribution in [1.29, 1.82) is 0 Å². The topological polar surface area (TPSA) is 82.1 Å². The summed E-state index contributed by atoms with van der Waals surface area (Å²) < 4.78 is 0. The molecule has 0 aromatic heterocycles. The van der Waals surface area contributed by atoms with Crippen molar-refractivity contribution in [3.63, 3.8) is 0 Å². The predicted molar refractivity (Wildman–Crippen MR) is 119 cm³/mol. The summed E-state index contributed by atoms with van der Waals surface area (Å²) in [5, 5.41) is 3.13. The van der Waals surface area contributed by atoms with Crippen LogP contribution < -0.4 is 5.32 Å². The van der Waals surface area contributed by atoms with Crippen LogP contribution in [-0.2, 0) is 9.59 Å². The van der Waals surface area contributed by atoms with Gasteiger partial charge in [0.2, 0.25) is 5.91 Å². The Kier molecular flexibility index (Phi) is 6.41. The van der Waals surface area contributed by atoms with E-state index in [1.54, 1.807) is 24.3 Å². The molecule has 4 rings (SSSR count). The largest absolute Gasteiger partial charge is 0.351 e. The van der Waals surface area contributed by atoms with Gasteiger partial charge in [-0.1, -0.05) is 18.7 Å². The lowest BCUT2D eigenvalue weighted by atomic mass is 9.99. The van der Waals surface area contributed by atoms with Crippen molar-refractivity contribution in [2.45, 2.75) is 44.3 Å². The number of hydrogen-bond donors (Lipinski definition) is 1. The number of amides is 3. The van der Waals surface area contributed by atoms with E-state index in [0.717, 1.165) is 50.6 Å². The van der Waals surface area contributed by atoms with Crippen LogP contribution in [0.5, 0.6) is 0 Å². The molecule has 0 radical (unpaired) electrons. The molecule has 0 aliphatic carbocycles. The van der Waals surface area contributed by atoms with Gasteiger partial charge in [0.15, 0.2) is 5.17 Å². The van der Waals surface area contributed by atoms with Crippen LogP contribution in [0.2, 0.25) is 0 Å². The first-order valence-electron chi connectivity index (χ1n) is 10.7. The Morgan fingerprint density at radius 3 is 2.57 bits per heavy atom. The van der Waals surface area contributed by atoms with E-state index in [-0.39, 0.29) is 24.1 Å². The van der Waals surface area contributed by atoms with Gasteiger partial charge in [-0.3, -0.25) is 14.4 Å². The fourth-order valence-corrected chi connectivity index (χ4v) is 5.30. The number of carbonyl (C=O) groups excluding carboxylic acids is 3. The molecule has 2 saturated heterocycles. The molecular weight excluding hydrogens is 400 g/mol. The zero-order chi connectivity index (χ0) is 21.1. The lowest BCUT2D eigenvalue weighted by Crippen LogP contribution is -2.39. The highest BCUT2D eigenvalue weighted by Gasteiger charge is 2.33. The summed E-state index contributed by atoms with van der Waals surface area (Å²) in [6, 6.07) is 6.99. The van der Waals surface area contributed by atoms with Gasteiger partial charge in [0.1, 0.15) is 5.25 Å². The van der Waals surface area contributed by atoms with Gasteiger partial charge in [-0.2, -0.15) is 4.99 Å². The number of carbonyl (C=O) groups is 3. The number of amidine groups is 1. The highest BCUT2D eigenvalue weighted by Crippen LogP contribution is 2.29. The van der Waals surface area contributed by atoms with E-state index in [9.17, 15) is 14.4 Å². The van der Waals surface area contributed by atoms with Gasteiger partial charge in [0.25, 0.3) is 11.8 Å². The van der Waals surface area contributed by atoms with Crippen LogP contribution in [-0.4, -0.2) is 64.1 Å². The Labute approximate surface area is 181 Å². The predicted octanol–water partition coefficient (Wildman–Crippen LogP) is 2.98. The van der Waals surface area contributed by atoms with E-state index >= 15 is 0 Å². The molecule has 3 aliphatic heterocycles. The van der Waals surface area contributed by atoms with Crippen LogP contribution in [0.25, 0.3) is 0 Å². The molecule has 3 heterocycles. The van der Waals surface area contributed by atoms with Crippen molar-refractivity contribution < 1.29 is 14.4 Å². The molecule has 2 atom stereocenters. The summed E-state index contributed by atoms with van der Waals surface area (Å²) in [4.78, 5) is 45.4. The number of rotatable bonds is 4. The molecular formula is C22H28N4O3S. The van der Waals surface area contributed by atoms with Crippen LogP contribution >= 0.6 is 11.8 Å². The Morgan fingerprint density at radius 1 is 1.13 bits per heavy atom. The maximum atomic E-state index is 12.7. The number of nitrogens with one attached hydrogen (secondary N) is 1. The zero-order valence-corrected chi connectivity index (χ0v) is 18.1. The number of piperidine rings is 1. The maximum Gasteiger partial charge on any atom is 0.262 e. The number of likely N-dealkylation sites (tertiary alicyclic amines) is 2. The average molecular weight is 429 g/mol. The molecule has 0 spiro atoms. The van der Waals surface area contributed by atoms with Gasteiger partial charge in [0.05, 0.1) is 0 Å². The Hall–Kier alpha value is -2.35. The van der Waals surface area contributed by atoms with E-state index in [1.807, 2.05) is 4.90 Å². The van der Waals surface area contributed by atoms with Crippen LogP contribution in [0.1, 0.15) is 49.4 Å². The lowest BCUT2D eigenvalue weighted by molar-refractivity contribution is -0.121. The molecule has 7 nitrogen and oxygen atoms in total. The van der Waals surface area contributed by atoms with E-state index < -0.39 is 5.25 Å². The van der Waals surface area contributed by atoms with Crippen LogP contribution in [0.15, 0.2) is 29.3 Å². The zero-order valence-electron chi connectivity index (χ0n) is 17.3. The summed E-state index contributed by atoms with van der Waals surface area (Å²) in [6.45, 7) is 5.63. The molecule has 3 amide bonds. The Bertz CT molecular complexity index is 848. The number of nitrogens with zero attached hydrogens (tertiary/aromatic N) is 3. The Balaban J connectivity index is 1.29. The number of hydrogen-bond acceptors (Lipinski definition) is 5. The molecule has 1 aromatic carbocycles. The maximum absolute atomic E-state index is 12.7. The van der Waals surface area contributed by atoms with Gasteiger partial charge >= 0.3 is 0 Å². The van der Waals surface area contributed by atoms with Crippen molar-refractivity contribution in [3.8, 4) is 0 Å². The van der Waals surface area contributed by atoms with Crippen molar-refractivity contribution >= 4 is 40.3 Å². The van der Waals surface area contributed by atoms with Crippen LogP contribution in [0, 0.1) is 5.92 Å². The number of anilines is 1. The van der Waals surface area contributed by atoms with Crippen molar-refractivity contribution in [2.24, 2.45) is 10.9 Å². The highest BCUT2D eigenvalue weighted by atomic mass is 32.2. The average Bonchev–Trinajstić information content (AvgIpc) is 3.38. The SMILES string of the molecule is C[C@H]1CCCN(C(=O)c2ccc(NC(=O)C[C@@H]3SC(N4CCCC4)=NC3=O)cc2)C1. The minimum atomic E-state index is -0.456. The third kappa shape index (κ3) is 4.86. The van der Waals surface area contributed by atoms with Gasteiger partial charge in [-0.15, -0.1) is 0 Å². The van der Waals surface area contributed by atoms with Crippen LogP contribution in [0.4, 0.5) is 5.69 Å². The molecule has 0 saturated carbocycles. The standard InChI is InChI=1S/C22H28N4O3S/c1-15-5-4-12-26(14-15)21(29)16-6-8-17(9-7-16)23-19(27)13-18-20(28)24-22(30-18)25-10-2-3-11-25/h6-9,15,18H,2-5,10-14H2,1H3,(H,23,27)/t15-,18-/m0/s1. The normalized spacial score (nSPS) is 24.2. The summed E-state index contributed by atoms with van der Waals surface area (Å²) in [7, 11) is 0. The number of aliphatic imine (C=N–C) groups is 1. The van der Waals surface area contributed by atoms with Gasteiger partial charge in [-0.05, 0) is 55.9 Å². The third-order valence-electron chi connectivity index (χ3n) is 5.84. The smallest absolute Gasteiger partial charge is 0.262 e. The summed E-state index contributed by atoms with van der Waals surface area (Å²) >= 11 is 1.39. The molecule has 3 aliphatic rings. The summed E-state index contributed by atoms with van der Waals surface area (Å²) in [5.74, 6) is 0.128. The van der Waals surface area contributed by atoms with Crippen molar-refractivity contribution in [2.75, 3.05) is 31.5 Å². The highest BCUT2D eigenvalue weighted by molar-refractivity contribution is 8.15. The van der Waals surface area contributed by atoms with E-state index in [1.165, 1.54) is 18.2 Å². The fourth-order valence-electron chi connectivity index (χ4n) is 4.19. The van der Waals surface area contributed by atoms with E-state index in [2.05, 4.69) is 22.1 Å². The quantitative estimate of drug-likeness (QED) is 0.797. The lowest BCUT2D eigenvalue weighted by Gasteiger charge is -2.31. The fraction of sp³-hybridized carbons (Fsp3) is 0.545. The molecule has 1 N–H and O–H groups in total. The molecule has 2 fully saturated rings. The van der Waals surface area contributed by atoms with Gasteiger partial charge in [-0.25, -0.2) is 0 Å². The number of benzene rings is 1. The molecule has 0 bridgehead atoms.